The average Bonchev–Trinajstić information content (AvgIpc) is 2.77. The summed E-state index contributed by atoms with van der Waals surface area (Å²) in [5, 5.41) is 13.0. The van der Waals surface area contributed by atoms with Crippen LogP contribution in [0.5, 0.6) is 0 Å². The Morgan fingerprint density at radius 1 is 1.35 bits per heavy atom. The minimum atomic E-state index is -0.105. The molecule has 0 spiro atoms. The van der Waals surface area contributed by atoms with Gasteiger partial charge in [0.25, 0.3) is 0 Å². The Hall–Kier alpha value is -0.160. The van der Waals surface area contributed by atoms with Crippen molar-refractivity contribution < 1.29 is 14.6 Å². The van der Waals surface area contributed by atoms with Gasteiger partial charge in [0, 0.05) is 12.1 Å². The van der Waals surface area contributed by atoms with Gasteiger partial charge in [0.15, 0.2) is 0 Å². The number of rotatable bonds is 9. The van der Waals surface area contributed by atoms with Crippen LogP contribution in [0.25, 0.3) is 0 Å². The minimum Gasteiger partial charge on any atom is -0.394 e. The molecule has 0 amide bonds. The molecule has 1 saturated carbocycles. The molecule has 1 rings (SSSR count). The van der Waals surface area contributed by atoms with E-state index in [2.05, 4.69) is 12.2 Å². The molecule has 0 saturated heterocycles. The van der Waals surface area contributed by atoms with Gasteiger partial charge in [0.1, 0.15) is 0 Å². The molecule has 2 N–H and O–H groups in total. The maximum absolute atomic E-state index is 9.53. The molecule has 4 heteroatoms. The van der Waals surface area contributed by atoms with Crippen LogP contribution >= 0.6 is 0 Å². The molecule has 0 aromatic carbocycles. The van der Waals surface area contributed by atoms with E-state index in [1.54, 1.807) is 0 Å². The van der Waals surface area contributed by atoms with Crippen molar-refractivity contribution in [3.63, 3.8) is 0 Å². The van der Waals surface area contributed by atoms with Crippen LogP contribution < -0.4 is 5.32 Å². The molecule has 1 aliphatic carbocycles. The van der Waals surface area contributed by atoms with E-state index in [0.717, 1.165) is 38.8 Å². The van der Waals surface area contributed by atoms with Crippen molar-refractivity contribution >= 4 is 0 Å². The summed E-state index contributed by atoms with van der Waals surface area (Å²) in [6.45, 7) is 7.37. The van der Waals surface area contributed by atoms with Gasteiger partial charge in [-0.3, -0.25) is 0 Å². The van der Waals surface area contributed by atoms with Gasteiger partial charge in [0.2, 0.25) is 0 Å². The van der Waals surface area contributed by atoms with E-state index in [1.165, 1.54) is 0 Å². The van der Waals surface area contributed by atoms with Gasteiger partial charge >= 0.3 is 0 Å². The lowest BCUT2D eigenvalue weighted by Crippen LogP contribution is -2.47. The summed E-state index contributed by atoms with van der Waals surface area (Å²) in [5.74, 6) is 0. The van der Waals surface area contributed by atoms with Gasteiger partial charge < -0.3 is 19.9 Å². The molecular formula is C13H27NO3. The summed E-state index contributed by atoms with van der Waals surface area (Å²) >= 11 is 0. The second-order valence-electron chi connectivity index (χ2n) is 4.80. The molecular weight excluding hydrogens is 218 g/mol. The van der Waals surface area contributed by atoms with E-state index in [4.69, 9.17) is 9.47 Å². The van der Waals surface area contributed by atoms with Gasteiger partial charge in [-0.25, -0.2) is 0 Å². The predicted molar refractivity (Wildman–Crippen MR) is 68.2 cm³/mol. The third-order valence-electron chi connectivity index (χ3n) is 3.40. The van der Waals surface area contributed by atoms with E-state index in [-0.39, 0.29) is 18.2 Å². The second-order valence-corrected chi connectivity index (χ2v) is 4.80. The maximum atomic E-state index is 9.53. The van der Waals surface area contributed by atoms with Gasteiger partial charge in [-0.05, 0) is 39.2 Å². The summed E-state index contributed by atoms with van der Waals surface area (Å²) in [5.41, 5.74) is -0.105. The lowest BCUT2D eigenvalue weighted by molar-refractivity contribution is 0.00527. The van der Waals surface area contributed by atoms with Crippen LogP contribution in [0.1, 0.15) is 39.5 Å². The van der Waals surface area contributed by atoms with Crippen molar-refractivity contribution in [2.45, 2.75) is 51.2 Å². The van der Waals surface area contributed by atoms with E-state index >= 15 is 0 Å². The lowest BCUT2D eigenvalue weighted by atomic mass is 9.98. The number of hydrogen-bond acceptors (Lipinski definition) is 4. The molecule has 102 valence electrons. The highest BCUT2D eigenvalue weighted by molar-refractivity contribution is 4.96. The molecule has 1 aliphatic rings. The van der Waals surface area contributed by atoms with Crippen molar-refractivity contribution in [1.29, 1.82) is 0 Å². The highest BCUT2D eigenvalue weighted by Crippen LogP contribution is 2.31. The maximum Gasteiger partial charge on any atom is 0.0704 e. The van der Waals surface area contributed by atoms with E-state index in [0.29, 0.717) is 13.2 Å². The molecule has 4 nitrogen and oxygen atoms in total. The van der Waals surface area contributed by atoms with Crippen LogP contribution in [-0.2, 0) is 9.47 Å². The Balaban J connectivity index is 2.23. The Morgan fingerprint density at radius 3 is 2.82 bits per heavy atom. The van der Waals surface area contributed by atoms with Crippen LogP contribution in [0.4, 0.5) is 0 Å². The lowest BCUT2D eigenvalue weighted by Gasteiger charge is -2.28. The Bertz CT molecular complexity index is 201. The predicted octanol–water partition coefficient (Wildman–Crippen LogP) is 1.32. The van der Waals surface area contributed by atoms with Crippen LogP contribution in [0, 0.1) is 0 Å². The van der Waals surface area contributed by atoms with E-state index in [1.807, 2.05) is 6.92 Å². The first-order valence-corrected chi connectivity index (χ1v) is 6.81. The largest absolute Gasteiger partial charge is 0.394 e. The average molecular weight is 245 g/mol. The van der Waals surface area contributed by atoms with Gasteiger partial charge in [0.05, 0.1) is 25.9 Å². The van der Waals surface area contributed by atoms with Crippen molar-refractivity contribution in [2.24, 2.45) is 0 Å². The van der Waals surface area contributed by atoms with Crippen LogP contribution in [-0.4, -0.2) is 49.7 Å². The second kappa shape index (κ2) is 8.03. The number of ether oxygens (including phenoxy) is 2. The van der Waals surface area contributed by atoms with Crippen molar-refractivity contribution in [3.05, 3.63) is 0 Å². The van der Waals surface area contributed by atoms with Gasteiger partial charge in [-0.15, -0.1) is 0 Å². The molecule has 2 unspecified atom stereocenters. The fourth-order valence-corrected chi connectivity index (χ4v) is 2.39. The minimum absolute atomic E-state index is 0.105. The molecule has 0 radical (unpaired) electrons. The first-order valence-electron chi connectivity index (χ1n) is 6.81. The Labute approximate surface area is 105 Å². The highest BCUT2D eigenvalue weighted by atomic mass is 16.5. The fourth-order valence-electron chi connectivity index (χ4n) is 2.39. The molecule has 0 bridgehead atoms. The quantitative estimate of drug-likeness (QED) is 0.602. The SMILES string of the molecule is CCCNC1(CO)CCC(OCCOCC)C1. The zero-order valence-electron chi connectivity index (χ0n) is 11.2. The molecule has 0 aromatic heterocycles. The summed E-state index contributed by atoms with van der Waals surface area (Å²) in [6, 6.07) is 0. The zero-order valence-corrected chi connectivity index (χ0v) is 11.2. The number of aliphatic hydroxyl groups excluding tert-OH is 1. The number of hydrogen-bond donors (Lipinski definition) is 2. The highest BCUT2D eigenvalue weighted by Gasteiger charge is 2.38. The first-order chi connectivity index (χ1) is 8.26. The third kappa shape index (κ3) is 4.92. The molecule has 0 aromatic rings. The topological polar surface area (TPSA) is 50.7 Å². The summed E-state index contributed by atoms with van der Waals surface area (Å²) < 4.78 is 11.0. The fraction of sp³-hybridized carbons (Fsp3) is 1.00. The molecule has 0 heterocycles. The van der Waals surface area contributed by atoms with Crippen molar-refractivity contribution in [1.82, 2.24) is 5.32 Å². The Kier molecular flexibility index (Phi) is 7.04. The molecule has 1 fully saturated rings. The van der Waals surface area contributed by atoms with Crippen LogP contribution in [0.3, 0.4) is 0 Å². The summed E-state index contributed by atoms with van der Waals surface area (Å²) in [7, 11) is 0. The monoisotopic (exact) mass is 245 g/mol. The van der Waals surface area contributed by atoms with Gasteiger partial charge in [-0.2, -0.15) is 0 Å². The van der Waals surface area contributed by atoms with E-state index in [9.17, 15) is 5.11 Å². The molecule has 0 aliphatic heterocycles. The van der Waals surface area contributed by atoms with E-state index < -0.39 is 0 Å². The van der Waals surface area contributed by atoms with Gasteiger partial charge in [-0.1, -0.05) is 6.92 Å². The summed E-state index contributed by atoms with van der Waals surface area (Å²) in [4.78, 5) is 0. The zero-order chi connectivity index (χ0) is 12.6. The van der Waals surface area contributed by atoms with Crippen molar-refractivity contribution in [2.75, 3.05) is 33.0 Å². The number of nitrogens with one attached hydrogen (secondary N) is 1. The Morgan fingerprint density at radius 2 is 2.18 bits per heavy atom. The summed E-state index contributed by atoms with van der Waals surface area (Å²) in [6.07, 6.45) is 4.31. The molecule has 2 atom stereocenters. The normalized spacial score (nSPS) is 28.8. The van der Waals surface area contributed by atoms with Crippen LogP contribution in [0.2, 0.25) is 0 Å². The number of aliphatic hydroxyl groups is 1. The standard InChI is InChI=1S/C13H27NO3/c1-3-7-14-13(11-15)6-5-12(10-13)17-9-8-16-4-2/h12,14-15H,3-11H2,1-2H3. The van der Waals surface area contributed by atoms with Crippen LogP contribution in [0.15, 0.2) is 0 Å². The van der Waals surface area contributed by atoms with Crippen molar-refractivity contribution in [3.8, 4) is 0 Å². The third-order valence-corrected chi connectivity index (χ3v) is 3.40. The molecule has 17 heavy (non-hydrogen) atoms. The smallest absolute Gasteiger partial charge is 0.0704 e. The first kappa shape index (κ1) is 14.9.